The number of Topliss-reactive ketones (excluding diaryl/α,β-unsaturated/α-hetero) is 1. The first-order valence-electron chi connectivity index (χ1n) is 14.8. The predicted molar refractivity (Wildman–Crippen MR) is 171 cm³/mol. The molecule has 0 aliphatic rings. The molecule has 2 atom stereocenters. The Bertz CT molecular complexity index is 1710. The first kappa shape index (κ1) is 30.7. The molecule has 2 unspecified atom stereocenters. The van der Waals surface area contributed by atoms with Crippen molar-refractivity contribution < 1.29 is 29.6 Å². The summed E-state index contributed by atoms with van der Waals surface area (Å²) in [5.74, 6) is 0.561. The van der Waals surface area contributed by atoms with Gasteiger partial charge in [0.1, 0.15) is 5.78 Å². The van der Waals surface area contributed by atoms with Crippen molar-refractivity contribution in [2.45, 2.75) is 44.6 Å². The maximum atomic E-state index is 13.1. The number of ketones is 1. The fraction of sp³-hybridized carbons (Fsp3) is 0.270. The first-order valence-corrected chi connectivity index (χ1v) is 14.8. The summed E-state index contributed by atoms with van der Waals surface area (Å²) in [6, 6.07) is 24.9. The van der Waals surface area contributed by atoms with Crippen LogP contribution in [0.3, 0.4) is 0 Å². The van der Waals surface area contributed by atoms with Gasteiger partial charge in [0.15, 0.2) is 23.0 Å². The summed E-state index contributed by atoms with van der Waals surface area (Å²) in [6.45, 7) is 0. The van der Waals surface area contributed by atoms with E-state index in [1.54, 1.807) is 43.8 Å². The number of carbonyl (C=O) groups is 1. The number of aliphatic hydroxyl groups excluding tert-OH is 1. The van der Waals surface area contributed by atoms with Crippen molar-refractivity contribution in [3.63, 3.8) is 0 Å². The summed E-state index contributed by atoms with van der Waals surface area (Å²) in [5.41, 5.74) is 4.76. The van der Waals surface area contributed by atoms with Gasteiger partial charge in [0.25, 0.3) is 0 Å². The normalized spacial score (nSPS) is 12.6. The molecule has 0 fully saturated rings. The average Bonchev–Trinajstić information content (AvgIpc) is 3.55. The minimum absolute atomic E-state index is 0.0158. The number of hydrogen-bond acceptors (Lipinski definition) is 6. The standard InChI is InChI=1S/C37H38NO6/c1-43-36-19-24(11-14-33(36)40)10-13-30(39)22-35(42)29(18-25-16-17-38-23-25)20-28-12-15-34(41)37(44-2)32(28)21-27-8-5-7-26-6-3-4-9-31(26)27/h3-9,11-12,14-17,19,23,29,35,40-42H,10,13,18,20-22H2,1-2H3/q-1. The van der Waals surface area contributed by atoms with Crippen molar-refractivity contribution in [1.29, 1.82) is 0 Å². The zero-order valence-electron chi connectivity index (χ0n) is 25.1. The number of aliphatic hydroxyl groups is 1. The quantitative estimate of drug-likeness (QED) is 0.141. The smallest absolute Gasteiger partial charge is 0.164 e. The molecule has 0 amide bonds. The van der Waals surface area contributed by atoms with Gasteiger partial charge < -0.3 is 29.8 Å². The van der Waals surface area contributed by atoms with Gasteiger partial charge in [0, 0.05) is 24.8 Å². The Hall–Kier alpha value is -4.75. The number of nitrogens with zero attached hydrogens (tertiary/aromatic N) is 1. The molecule has 0 aliphatic carbocycles. The second kappa shape index (κ2) is 14.1. The molecule has 5 rings (SSSR count). The van der Waals surface area contributed by atoms with Crippen LogP contribution >= 0.6 is 0 Å². The van der Waals surface area contributed by atoms with Crippen molar-refractivity contribution in [3.8, 4) is 23.0 Å². The Kier molecular flexibility index (Phi) is 9.87. The second-order valence-corrected chi connectivity index (χ2v) is 11.2. The molecule has 4 aromatic carbocycles. The monoisotopic (exact) mass is 592 g/mol. The molecule has 0 radical (unpaired) electrons. The lowest BCUT2D eigenvalue weighted by molar-refractivity contribution is -0.121. The van der Waals surface area contributed by atoms with Gasteiger partial charge in [-0.15, -0.1) is 0 Å². The van der Waals surface area contributed by atoms with Crippen LogP contribution in [0.5, 0.6) is 23.0 Å². The number of aromatic hydroxyl groups is 2. The first-order chi connectivity index (χ1) is 21.4. The van der Waals surface area contributed by atoms with E-state index in [0.29, 0.717) is 37.2 Å². The molecule has 0 aliphatic heterocycles. The Labute approximate surface area is 257 Å². The van der Waals surface area contributed by atoms with Crippen molar-refractivity contribution in [2.75, 3.05) is 14.2 Å². The van der Waals surface area contributed by atoms with E-state index < -0.39 is 6.10 Å². The Morgan fingerprint density at radius 2 is 1.64 bits per heavy atom. The summed E-state index contributed by atoms with van der Waals surface area (Å²) in [7, 11) is 3.04. The van der Waals surface area contributed by atoms with Gasteiger partial charge in [0.2, 0.25) is 0 Å². The van der Waals surface area contributed by atoms with Gasteiger partial charge in [-0.1, -0.05) is 66.2 Å². The Morgan fingerprint density at radius 1 is 0.841 bits per heavy atom. The number of fused-ring (bicyclic) bond motifs is 1. The van der Waals surface area contributed by atoms with Crippen LogP contribution in [-0.2, 0) is 30.5 Å². The molecule has 0 bridgehead atoms. The third kappa shape index (κ3) is 7.24. The number of hydrogen-bond donors (Lipinski definition) is 3. The number of aromatic nitrogens is 1. The van der Waals surface area contributed by atoms with Crippen LogP contribution in [0.25, 0.3) is 10.8 Å². The maximum absolute atomic E-state index is 13.1. The van der Waals surface area contributed by atoms with E-state index in [2.05, 4.69) is 29.2 Å². The van der Waals surface area contributed by atoms with Gasteiger partial charge in [-0.3, -0.25) is 4.79 Å². The molecule has 228 valence electrons. The van der Waals surface area contributed by atoms with E-state index >= 15 is 0 Å². The molecular formula is C37H38NO6-. The molecular weight excluding hydrogens is 554 g/mol. The zero-order valence-corrected chi connectivity index (χ0v) is 25.1. The molecule has 0 saturated heterocycles. The minimum Gasteiger partial charge on any atom is -0.670 e. The van der Waals surface area contributed by atoms with Crippen molar-refractivity contribution in [1.82, 2.24) is 4.98 Å². The Balaban J connectivity index is 1.38. The molecule has 0 saturated carbocycles. The highest BCUT2D eigenvalue weighted by Crippen LogP contribution is 2.37. The van der Waals surface area contributed by atoms with Gasteiger partial charge in [-0.2, -0.15) is 12.4 Å². The highest BCUT2D eigenvalue weighted by atomic mass is 16.5. The van der Waals surface area contributed by atoms with Crippen LogP contribution in [-0.4, -0.2) is 41.4 Å². The third-order valence-electron chi connectivity index (χ3n) is 8.30. The fourth-order valence-electron chi connectivity index (χ4n) is 5.94. The zero-order chi connectivity index (χ0) is 31.1. The number of methoxy groups -OCH3 is 2. The van der Waals surface area contributed by atoms with E-state index in [9.17, 15) is 20.1 Å². The largest absolute Gasteiger partial charge is 0.670 e. The number of ether oxygens (including phenoxy) is 2. The summed E-state index contributed by atoms with van der Waals surface area (Å²) in [5, 5.41) is 34.3. The molecule has 7 nitrogen and oxygen atoms in total. The molecule has 44 heavy (non-hydrogen) atoms. The van der Waals surface area contributed by atoms with Gasteiger partial charge in [-0.25, -0.2) is 0 Å². The molecule has 1 aromatic heterocycles. The van der Waals surface area contributed by atoms with Crippen LogP contribution < -0.4 is 14.5 Å². The van der Waals surface area contributed by atoms with Gasteiger partial charge in [-0.05, 0) is 70.8 Å². The molecule has 3 N–H and O–H groups in total. The number of phenolic OH excluding ortho intramolecular Hbond substituents is 2. The number of benzene rings is 4. The summed E-state index contributed by atoms with van der Waals surface area (Å²) < 4.78 is 10.9. The van der Waals surface area contributed by atoms with Gasteiger partial charge in [0.05, 0.1) is 20.3 Å². The van der Waals surface area contributed by atoms with E-state index in [-0.39, 0.29) is 36.0 Å². The van der Waals surface area contributed by atoms with Crippen LogP contribution in [0.2, 0.25) is 0 Å². The molecule has 1 heterocycles. The topological polar surface area (TPSA) is 110 Å². The van der Waals surface area contributed by atoms with E-state index in [1.165, 1.54) is 7.11 Å². The second-order valence-electron chi connectivity index (χ2n) is 11.2. The van der Waals surface area contributed by atoms with Crippen LogP contribution in [0.15, 0.2) is 91.3 Å². The molecule has 0 spiro atoms. The summed E-state index contributed by atoms with van der Waals surface area (Å²) >= 11 is 0. The highest BCUT2D eigenvalue weighted by molar-refractivity contribution is 5.86. The van der Waals surface area contributed by atoms with Gasteiger partial charge >= 0.3 is 0 Å². The third-order valence-corrected chi connectivity index (χ3v) is 8.30. The lowest BCUT2D eigenvalue weighted by Crippen LogP contribution is -2.28. The maximum Gasteiger partial charge on any atom is 0.164 e. The predicted octanol–water partition coefficient (Wildman–Crippen LogP) is 6.17. The van der Waals surface area contributed by atoms with E-state index in [0.717, 1.165) is 38.6 Å². The van der Waals surface area contributed by atoms with Crippen LogP contribution in [0.4, 0.5) is 0 Å². The average molecular weight is 593 g/mol. The lowest BCUT2D eigenvalue weighted by Gasteiger charge is -2.25. The van der Waals surface area contributed by atoms with Crippen LogP contribution in [0.1, 0.15) is 40.7 Å². The van der Waals surface area contributed by atoms with Crippen LogP contribution in [0, 0.1) is 5.92 Å². The van der Waals surface area contributed by atoms with Crippen molar-refractivity contribution in [3.05, 3.63) is 119 Å². The summed E-state index contributed by atoms with van der Waals surface area (Å²) in [6.07, 6.45) is 4.92. The fourth-order valence-corrected chi connectivity index (χ4v) is 5.94. The number of phenols is 2. The highest BCUT2D eigenvalue weighted by Gasteiger charge is 2.25. The lowest BCUT2D eigenvalue weighted by atomic mass is 9.83. The van der Waals surface area contributed by atoms with Crippen molar-refractivity contribution in [2.24, 2.45) is 5.92 Å². The number of rotatable bonds is 14. The van der Waals surface area contributed by atoms with Crippen molar-refractivity contribution >= 4 is 16.6 Å². The molecule has 5 aromatic rings. The SMILES string of the molecule is COc1cc(CCC(=O)CC(O)C(Cc2cc[n-]c2)Cc2ccc(O)c(OC)c2Cc2cccc3ccccc23)ccc1O. The van der Waals surface area contributed by atoms with E-state index in [4.69, 9.17) is 9.47 Å². The number of aryl methyl sites for hydroxylation is 1. The number of carbonyl (C=O) groups excluding carboxylic acids is 1. The molecule has 7 heteroatoms. The summed E-state index contributed by atoms with van der Waals surface area (Å²) in [4.78, 5) is 17.3. The minimum atomic E-state index is -0.892. The van der Waals surface area contributed by atoms with E-state index in [1.807, 2.05) is 30.3 Å². The Morgan fingerprint density at radius 3 is 2.41 bits per heavy atom.